The van der Waals surface area contributed by atoms with Crippen LogP contribution in [0, 0.1) is 13.8 Å². The topological polar surface area (TPSA) is 55.2 Å². The molecule has 8 heteroatoms. The number of aryl methyl sites for hydroxylation is 1. The normalized spacial score (nSPS) is 16.4. The number of ketones is 1. The summed E-state index contributed by atoms with van der Waals surface area (Å²) >= 11 is 0. The number of halogens is 3. The third-order valence-electron chi connectivity index (χ3n) is 5.83. The Morgan fingerprint density at radius 3 is 2.44 bits per heavy atom. The van der Waals surface area contributed by atoms with Gasteiger partial charge in [-0.05, 0) is 50.5 Å². The molecule has 0 spiro atoms. The molecular weight excluding hydrogens is 419 g/mol. The number of hydrogen-bond donors (Lipinski definition) is 0. The summed E-state index contributed by atoms with van der Waals surface area (Å²) < 4.78 is 40.6. The highest BCUT2D eigenvalue weighted by atomic mass is 19.4. The minimum absolute atomic E-state index is 0.131. The fourth-order valence-electron chi connectivity index (χ4n) is 4.31. The lowest BCUT2D eigenvalue weighted by Crippen LogP contribution is -2.36. The van der Waals surface area contributed by atoms with Crippen LogP contribution in [-0.4, -0.2) is 32.9 Å². The zero-order valence-corrected chi connectivity index (χ0v) is 17.7. The molecule has 166 valence electrons. The van der Waals surface area contributed by atoms with Crippen molar-refractivity contribution in [2.24, 2.45) is 0 Å². The second kappa shape index (κ2) is 8.26. The van der Waals surface area contributed by atoms with Crippen molar-refractivity contribution in [2.45, 2.75) is 38.9 Å². The smallest absolute Gasteiger partial charge is 0.329 e. The van der Waals surface area contributed by atoms with Gasteiger partial charge in [0, 0.05) is 6.54 Å². The van der Waals surface area contributed by atoms with E-state index in [4.69, 9.17) is 0 Å². The summed E-state index contributed by atoms with van der Waals surface area (Å²) in [5.74, 6) is -1.31. The quantitative estimate of drug-likeness (QED) is 0.420. The Morgan fingerprint density at radius 2 is 1.75 bits per heavy atom. The van der Waals surface area contributed by atoms with Gasteiger partial charge in [-0.1, -0.05) is 36.4 Å². The molecule has 2 heterocycles. The van der Waals surface area contributed by atoms with Crippen LogP contribution >= 0.6 is 0 Å². The van der Waals surface area contributed by atoms with Crippen LogP contribution in [0.2, 0.25) is 0 Å². The van der Waals surface area contributed by atoms with Crippen molar-refractivity contribution in [1.29, 1.82) is 0 Å². The van der Waals surface area contributed by atoms with Crippen LogP contribution < -0.4 is 0 Å². The summed E-state index contributed by atoms with van der Waals surface area (Å²) in [6, 6.07) is 14.1. The molecule has 1 aliphatic rings. The molecule has 0 bridgehead atoms. The van der Waals surface area contributed by atoms with Crippen LogP contribution in [0.3, 0.4) is 0 Å². The van der Waals surface area contributed by atoms with Crippen molar-refractivity contribution in [3.05, 3.63) is 82.7 Å². The molecule has 1 aliphatic heterocycles. The zero-order chi connectivity index (χ0) is 23.0. The SMILES string of the molecule is Cc1nn(-c2cccc(C(F)(F)F)c2)c(C)c1C(=O)C(=O)N1CCCC1c1ccccc1. The first-order valence-electron chi connectivity index (χ1n) is 10.3. The molecular formula is C24H22F3N3O2. The first-order chi connectivity index (χ1) is 15.2. The largest absolute Gasteiger partial charge is 0.416 e. The van der Waals surface area contributed by atoms with E-state index in [9.17, 15) is 22.8 Å². The van der Waals surface area contributed by atoms with E-state index >= 15 is 0 Å². The van der Waals surface area contributed by atoms with E-state index in [0.29, 0.717) is 17.9 Å². The molecule has 32 heavy (non-hydrogen) atoms. The molecule has 1 unspecified atom stereocenters. The van der Waals surface area contributed by atoms with E-state index in [0.717, 1.165) is 30.5 Å². The van der Waals surface area contributed by atoms with Crippen LogP contribution in [-0.2, 0) is 11.0 Å². The number of benzene rings is 2. The Balaban J connectivity index is 1.66. The number of hydrogen-bond acceptors (Lipinski definition) is 3. The maximum atomic E-state index is 13.2. The number of Topliss-reactive ketones (excluding diaryl/α,β-unsaturated/α-hetero) is 1. The lowest BCUT2D eigenvalue weighted by atomic mass is 10.0. The van der Waals surface area contributed by atoms with Gasteiger partial charge < -0.3 is 4.90 Å². The minimum atomic E-state index is -4.50. The standard InChI is InChI=1S/C24H22F3N3O2/c1-15-21(16(2)30(28-15)19-11-6-10-18(14-19)24(25,26)27)22(31)23(32)29-13-7-12-20(29)17-8-4-3-5-9-17/h3-6,8-11,14,20H,7,12-13H2,1-2H3. The number of alkyl halides is 3. The first-order valence-corrected chi connectivity index (χ1v) is 10.3. The van der Waals surface area contributed by atoms with E-state index in [-0.39, 0.29) is 17.3 Å². The van der Waals surface area contributed by atoms with Crippen molar-refractivity contribution in [1.82, 2.24) is 14.7 Å². The van der Waals surface area contributed by atoms with Gasteiger partial charge >= 0.3 is 6.18 Å². The van der Waals surface area contributed by atoms with Crippen LogP contribution in [0.1, 0.15) is 51.8 Å². The Kier molecular flexibility index (Phi) is 5.62. The second-order valence-electron chi connectivity index (χ2n) is 7.90. The highest BCUT2D eigenvalue weighted by molar-refractivity contribution is 6.43. The molecule has 1 atom stereocenters. The number of carbonyl (C=O) groups is 2. The predicted molar refractivity (Wildman–Crippen MR) is 113 cm³/mol. The number of likely N-dealkylation sites (tertiary alicyclic amines) is 1. The average molecular weight is 441 g/mol. The highest BCUT2D eigenvalue weighted by Gasteiger charge is 2.36. The van der Waals surface area contributed by atoms with Crippen LogP contribution in [0.25, 0.3) is 5.69 Å². The molecule has 4 rings (SSSR count). The Hall–Kier alpha value is -3.42. The lowest BCUT2D eigenvalue weighted by molar-refractivity contribution is -0.137. The van der Waals surface area contributed by atoms with Gasteiger partial charge in [0.2, 0.25) is 0 Å². The minimum Gasteiger partial charge on any atom is -0.329 e. The van der Waals surface area contributed by atoms with Gasteiger partial charge in [0.1, 0.15) is 0 Å². The molecule has 0 N–H and O–H groups in total. The monoisotopic (exact) mass is 441 g/mol. The van der Waals surface area contributed by atoms with Gasteiger partial charge in [-0.2, -0.15) is 18.3 Å². The van der Waals surface area contributed by atoms with Crippen molar-refractivity contribution < 1.29 is 22.8 Å². The molecule has 0 radical (unpaired) electrons. The molecule has 5 nitrogen and oxygen atoms in total. The van der Waals surface area contributed by atoms with Gasteiger partial charge in [0.05, 0.1) is 34.2 Å². The van der Waals surface area contributed by atoms with Gasteiger partial charge in [-0.15, -0.1) is 0 Å². The Bertz CT molecular complexity index is 1170. The Labute approximate surface area is 183 Å². The van der Waals surface area contributed by atoms with E-state index in [1.54, 1.807) is 18.7 Å². The lowest BCUT2D eigenvalue weighted by Gasteiger charge is -2.24. The maximum Gasteiger partial charge on any atom is 0.416 e. The molecule has 1 aromatic heterocycles. The number of amides is 1. The third kappa shape index (κ3) is 3.92. The fraction of sp³-hybridized carbons (Fsp3) is 0.292. The molecule has 1 amide bonds. The summed E-state index contributed by atoms with van der Waals surface area (Å²) in [7, 11) is 0. The van der Waals surface area contributed by atoms with Crippen molar-refractivity contribution >= 4 is 11.7 Å². The summed E-state index contributed by atoms with van der Waals surface area (Å²) in [5.41, 5.74) is 1.10. The number of aromatic nitrogens is 2. The van der Waals surface area contributed by atoms with Crippen LogP contribution in [0.4, 0.5) is 13.2 Å². The van der Waals surface area contributed by atoms with E-state index in [2.05, 4.69) is 5.10 Å². The molecule has 1 fully saturated rings. The van der Waals surface area contributed by atoms with Crippen molar-refractivity contribution in [2.75, 3.05) is 6.54 Å². The maximum absolute atomic E-state index is 13.2. The van der Waals surface area contributed by atoms with Gasteiger partial charge in [0.25, 0.3) is 11.7 Å². The van der Waals surface area contributed by atoms with E-state index < -0.39 is 23.4 Å². The Morgan fingerprint density at radius 1 is 1.03 bits per heavy atom. The molecule has 1 saturated heterocycles. The van der Waals surface area contributed by atoms with Crippen molar-refractivity contribution in [3.8, 4) is 5.69 Å². The molecule has 2 aromatic carbocycles. The highest BCUT2D eigenvalue weighted by Crippen LogP contribution is 2.33. The second-order valence-corrected chi connectivity index (χ2v) is 7.90. The van der Waals surface area contributed by atoms with Crippen LogP contribution in [0.15, 0.2) is 54.6 Å². The van der Waals surface area contributed by atoms with Gasteiger partial charge in [-0.25, -0.2) is 4.68 Å². The average Bonchev–Trinajstić information content (AvgIpc) is 3.37. The van der Waals surface area contributed by atoms with Crippen LogP contribution in [0.5, 0.6) is 0 Å². The number of rotatable bonds is 4. The van der Waals surface area contributed by atoms with E-state index in [1.165, 1.54) is 16.8 Å². The fourth-order valence-corrected chi connectivity index (χ4v) is 4.31. The summed E-state index contributed by atoms with van der Waals surface area (Å²) in [4.78, 5) is 27.9. The van der Waals surface area contributed by atoms with Gasteiger partial charge in [-0.3, -0.25) is 9.59 Å². The predicted octanol–water partition coefficient (Wildman–Crippen LogP) is 5.05. The zero-order valence-electron chi connectivity index (χ0n) is 17.7. The van der Waals surface area contributed by atoms with Gasteiger partial charge in [0.15, 0.2) is 0 Å². The van der Waals surface area contributed by atoms with E-state index in [1.807, 2.05) is 30.3 Å². The molecule has 0 aliphatic carbocycles. The van der Waals surface area contributed by atoms with Crippen molar-refractivity contribution in [3.63, 3.8) is 0 Å². The summed E-state index contributed by atoms with van der Waals surface area (Å²) in [6.07, 6.45) is -2.94. The summed E-state index contributed by atoms with van der Waals surface area (Å²) in [6.45, 7) is 3.64. The first kappa shape index (κ1) is 21.8. The number of carbonyl (C=O) groups excluding carboxylic acids is 2. The number of nitrogens with zero attached hydrogens (tertiary/aromatic N) is 3. The molecule has 0 saturated carbocycles. The third-order valence-corrected chi connectivity index (χ3v) is 5.83. The molecule has 3 aromatic rings. The summed E-state index contributed by atoms with van der Waals surface area (Å²) in [5, 5.41) is 4.27.